The normalized spacial score (nSPS) is 11.5. The number of amides is 1. The van der Waals surface area contributed by atoms with Gasteiger partial charge in [0.05, 0.1) is 12.7 Å². The van der Waals surface area contributed by atoms with Gasteiger partial charge in [0.2, 0.25) is 0 Å². The smallest absolute Gasteiger partial charge is 0.432 e. The molecule has 5 nitrogen and oxygen atoms in total. The summed E-state index contributed by atoms with van der Waals surface area (Å²) in [6.45, 7) is -0.431. The van der Waals surface area contributed by atoms with Crippen LogP contribution in [0.25, 0.3) is 10.9 Å². The second-order valence-electron chi connectivity index (χ2n) is 8.07. The predicted molar refractivity (Wildman–Crippen MR) is 137 cm³/mol. The number of halogens is 6. The van der Waals surface area contributed by atoms with Gasteiger partial charge in [0, 0.05) is 39.1 Å². The number of alkyl halides is 3. The first-order chi connectivity index (χ1) is 17.5. The molecule has 0 aliphatic heterocycles. The van der Waals surface area contributed by atoms with Gasteiger partial charge in [-0.15, -0.1) is 0 Å². The van der Waals surface area contributed by atoms with Crippen molar-refractivity contribution < 1.29 is 27.5 Å². The van der Waals surface area contributed by atoms with Crippen molar-refractivity contribution in [3.8, 4) is 5.75 Å². The van der Waals surface area contributed by atoms with E-state index in [0.29, 0.717) is 21.2 Å². The maximum absolute atomic E-state index is 14.5. The van der Waals surface area contributed by atoms with E-state index >= 15 is 0 Å². The Balaban J connectivity index is 1.84. The van der Waals surface area contributed by atoms with Gasteiger partial charge in [-0.1, -0.05) is 53.0 Å². The molecule has 1 heterocycles. The number of methoxy groups -OCH3 is 1. The van der Waals surface area contributed by atoms with Crippen LogP contribution in [-0.4, -0.2) is 23.4 Å². The molecule has 1 amide bonds. The van der Waals surface area contributed by atoms with E-state index in [0.717, 1.165) is 4.57 Å². The average Bonchev–Trinajstić information content (AvgIpc) is 3.17. The van der Waals surface area contributed by atoms with Crippen molar-refractivity contribution in [3.05, 3.63) is 98.1 Å². The van der Waals surface area contributed by atoms with Gasteiger partial charge in [-0.3, -0.25) is 9.59 Å². The van der Waals surface area contributed by atoms with Gasteiger partial charge >= 0.3 is 6.18 Å². The van der Waals surface area contributed by atoms with Crippen LogP contribution >= 0.6 is 34.8 Å². The van der Waals surface area contributed by atoms with E-state index in [2.05, 4.69) is 5.32 Å². The van der Waals surface area contributed by atoms with Crippen LogP contribution < -0.4 is 10.1 Å². The van der Waals surface area contributed by atoms with Gasteiger partial charge in [-0.05, 0) is 53.6 Å². The maximum Gasteiger partial charge on any atom is 0.432 e. The third-order valence-corrected chi connectivity index (χ3v) is 6.48. The molecule has 11 heteroatoms. The molecule has 0 unspecified atom stereocenters. The van der Waals surface area contributed by atoms with Crippen molar-refractivity contribution in [2.24, 2.45) is 0 Å². The lowest BCUT2D eigenvalue weighted by molar-refractivity contribution is -0.143. The van der Waals surface area contributed by atoms with Crippen molar-refractivity contribution in [3.63, 3.8) is 0 Å². The molecule has 0 spiro atoms. The van der Waals surface area contributed by atoms with Gasteiger partial charge in [0.15, 0.2) is 0 Å². The summed E-state index contributed by atoms with van der Waals surface area (Å²) in [5.41, 5.74) is -1.07. The number of carbonyl (C=O) groups excluding carboxylic acids is 2. The third kappa shape index (κ3) is 5.71. The van der Waals surface area contributed by atoms with E-state index in [4.69, 9.17) is 39.5 Å². The Morgan fingerprint density at radius 2 is 1.70 bits per heavy atom. The largest absolute Gasteiger partial charge is 0.497 e. The van der Waals surface area contributed by atoms with E-state index in [1.165, 1.54) is 43.5 Å². The molecular formula is C26H18Cl3F3N2O3. The lowest BCUT2D eigenvalue weighted by Crippen LogP contribution is -2.32. The van der Waals surface area contributed by atoms with E-state index in [1.807, 2.05) is 0 Å². The van der Waals surface area contributed by atoms with Gasteiger partial charge in [0.25, 0.3) is 11.7 Å². The number of ether oxygens (including phenoxy) is 1. The van der Waals surface area contributed by atoms with E-state index in [1.54, 1.807) is 24.3 Å². The fourth-order valence-corrected chi connectivity index (χ4v) is 4.67. The lowest BCUT2D eigenvalue weighted by atomic mass is 10.0. The van der Waals surface area contributed by atoms with Gasteiger partial charge in [-0.25, -0.2) is 0 Å². The number of nitrogens with one attached hydrogen (secondary N) is 1. The molecule has 0 fully saturated rings. The van der Waals surface area contributed by atoms with Crippen LogP contribution in [0.15, 0.2) is 60.7 Å². The van der Waals surface area contributed by atoms with Crippen molar-refractivity contribution in [1.29, 1.82) is 0 Å². The van der Waals surface area contributed by atoms with Crippen LogP contribution in [0.2, 0.25) is 15.1 Å². The Kier molecular flexibility index (Phi) is 7.73. The van der Waals surface area contributed by atoms with Crippen LogP contribution in [0.5, 0.6) is 5.75 Å². The zero-order valence-electron chi connectivity index (χ0n) is 19.1. The first kappa shape index (κ1) is 26.9. The zero-order valence-corrected chi connectivity index (χ0v) is 21.4. The molecule has 0 saturated heterocycles. The maximum atomic E-state index is 14.5. The Morgan fingerprint density at radius 3 is 2.35 bits per heavy atom. The van der Waals surface area contributed by atoms with Crippen molar-refractivity contribution >= 4 is 57.4 Å². The fraction of sp³-hybridized carbons (Fsp3) is 0.154. The highest BCUT2D eigenvalue weighted by molar-refractivity contribution is 6.45. The number of nitrogens with zero attached hydrogens (tertiary/aromatic N) is 1. The summed E-state index contributed by atoms with van der Waals surface area (Å²) in [6.07, 6.45) is -4.98. The summed E-state index contributed by atoms with van der Waals surface area (Å²) in [5, 5.41) is 3.18. The van der Waals surface area contributed by atoms with Crippen molar-refractivity contribution in [2.45, 2.75) is 19.3 Å². The minimum atomic E-state index is -4.98. The molecule has 192 valence electrons. The highest BCUT2D eigenvalue weighted by Gasteiger charge is 2.42. The summed E-state index contributed by atoms with van der Waals surface area (Å²) >= 11 is 18.1. The Labute approximate surface area is 224 Å². The third-order valence-electron chi connectivity index (χ3n) is 5.66. The number of ketones is 1. The number of aromatic nitrogens is 1. The summed E-state index contributed by atoms with van der Waals surface area (Å²) < 4.78 is 49.6. The fourth-order valence-electron chi connectivity index (χ4n) is 3.99. The molecular weight excluding hydrogens is 552 g/mol. The Morgan fingerprint density at radius 1 is 0.973 bits per heavy atom. The molecule has 4 aromatic rings. The monoisotopic (exact) mass is 568 g/mol. The van der Waals surface area contributed by atoms with Crippen LogP contribution in [-0.2, 0) is 24.1 Å². The minimum absolute atomic E-state index is 0.0742. The van der Waals surface area contributed by atoms with E-state index in [9.17, 15) is 22.8 Å². The molecule has 0 radical (unpaired) electrons. The molecule has 1 N–H and O–H groups in total. The summed E-state index contributed by atoms with van der Waals surface area (Å²) in [4.78, 5) is 26.1. The summed E-state index contributed by atoms with van der Waals surface area (Å²) in [6, 6.07) is 15.1. The second-order valence-corrected chi connectivity index (χ2v) is 9.35. The van der Waals surface area contributed by atoms with Gasteiger partial charge in [-0.2, -0.15) is 13.2 Å². The SMILES string of the molecule is COc1ccc2c(c1)c(C(=O)C(=O)NCc1cccc(Cl)c1)c(C(F)(F)F)n2Cc1ccc(Cl)cc1Cl. The number of carbonyl (C=O) groups is 2. The molecule has 0 aliphatic carbocycles. The Bertz CT molecular complexity index is 1520. The summed E-state index contributed by atoms with van der Waals surface area (Å²) in [5.74, 6) is -2.32. The predicted octanol–water partition coefficient (Wildman–Crippen LogP) is 7.18. The van der Waals surface area contributed by atoms with Crippen LogP contribution in [0.4, 0.5) is 13.2 Å². The molecule has 4 rings (SSSR count). The molecule has 0 aliphatic rings. The highest BCUT2D eigenvalue weighted by Crippen LogP contribution is 2.40. The quantitative estimate of drug-likeness (QED) is 0.190. The minimum Gasteiger partial charge on any atom is -0.497 e. The molecule has 1 aromatic heterocycles. The number of hydrogen-bond donors (Lipinski definition) is 1. The van der Waals surface area contributed by atoms with Crippen LogP contribution in [0.3, 0.4) is 0 Å². The first-order valence-corrected chi connectivity index (χ1v) is 11.9. The van der Waals surface area contributed by atoms with Crippen LogP contribution in [0, 0.1) is 0 Å². The summed E-state index contributed by atoms with van der Waals surface area (Å²) in [7, 11) is 1.34. The number of fused-ring (bicyclic) bond motifs is 1. The second kappa shape index (κ2) is 10.7. The van der Waals surface area contributed by atoms with E-state index < -0.39 is 29.1 Å². The number of rotatable bonds is 7. The lowest BCUT2D eigenvalue weighted by Gasteiger charge is -2.15. The molecule has 0 atom stereocenters. The topological polar surface area (TPSA) is 60.3 Å². The van der Waals surface area contributed by atoms with Crippen molar-refractivity contribution in [2.75, 3.05) is 7.11 Å². The van der Waals surface area contributed by atoms with Gasteiger partial charge < -0.3 is 14.6 Å². The molecule has 3 aromatic carbocycles. The average molecular weight is 570 g/mol. The molecule has 0 saturated carbocycles. The number of benzene rings is 3. The number of Topliss-reactive ketones (excluding diaryl/α,β-unsaturated/α-hetero) is 1. The highest BCUT2D eigenvalue weighted by atomic mass is 35.5. The van der Waals surface area contributed by atoms with E-state index in [-0.39, 0.29) is 34.8 Å². The van der Waals surface area contributed by atoms with Gasteiger partial charge in [0.1, 0.15) is 11.4 Å². The van der Waals surface area contributed by atoms with Crippen LogP contribution in [0.1, 0.15) is 27.2 Å². The van der Waals surface area contributed by atoms with Crippen molar-refractivity contribution in [1.82, 2.24) is 9.88 Å². The molecule has 0 bridgehead atoms. The first-order valence-electron chi connectivity index (χ1n) is 10.8. The standard InChI is InChI=1S/C26H18Cl3F3N2O3/c1-37-18-7-8-21-19(11-18)22(23(35)25(36)33-12-14-3-2-4-16(27)9-14)24(26(30,31)32)34(21)13-15-5-6-17(28)10-20(15)29/h2-11H,12-13H2,1H3,(H,33,36). The Hall–Kier alpha value is -3.20. The number of hydrogen-bond acceptors (Lipinski definition) is 3. The molecule has 37 heavy (non-hydrogen) atoms. The zero-order chi connectivity index (χ0) is 26.9.